The van der Waals surface area contributed by atoms with E-state index in [2.05, 4.69) is 31.4 Å². The summed E-state index contributed by atoms with van der Waals surface area (Å²) in [7, 11) is 0. The predicted octanol–water partition coefficient (Wildman–Crippen LogP) is 5.00. The van der Waals surface area contributed by atoms with Crippen LogP contribution in [0.5, 0.6) is 0 Å². The van der Waals surface area contributed by atoms with Gasteiger partial charge in [0, 0.05) is 24.0 Å². The molecule has 0 radical (unpaired) electrons. The van der Waals surface area contributed by atoms with E-state index in [4.69, 9.17) is 11.6 Å². The zero-order valence-corrected chi connectivity index (χ0v) is 16.4. The molecule has 0 aliphatic carbocycles. The predicted molar refractivity (Wildman–Crippen MR) is 109 cm³/mol. The number of hydrogen-bond acceptors (Lipinski definition) is 5. The molecule has 0 saturated heterocycles. The van der Waals surface area contributed by atoms with Crippen LogP contribution in [0.1, 0.15) is 26.3 Å². The molecule has 0 unspecified atom stereocenters. The van der Waals surface area contributed by atoms with Gasteiger partial charge in [0.25, 0.3) is 11.6 Å². The third-order valence-corrected chi connectivity index (χ3v) is 4.21. The number of nitrogens with zero attached hydrogens (tertiary/aromatic N) is 2. The molecule has 2 N–H and O–H groups in total. The number of hydrogen-bond donors (Lipinski definition) is 2. The SMILES string of the molecule is CC(C)(C)c1ccccc1N/C=C(/C#N)C(=O)Nc1cc([N+](=O)[O-])ccc1Cl. The van der Waals surface area contributed by atoms with Crippen LogP contribution in [0.2, 0.25) is 5.02 Å². The fourth-order valence-electron chi connectivity index (χ4n) is 2.47. The van der Waals surface area contributed by atoms with Crippen molar-refractivity contribution >= 4 is 34.6 Å². The van der Waals surface area contributed by atoms with Crippen molar-refractivity contribution in [3.8, 4) is 6.07 Å². The highest BCUT2D eigenvalue weighted by Crippen LogP contribution is 2.30. The lowest BCUT2D eigenvalue weighted by Crippen LogP contribution is -2.16. The van der Waals surface area contributed by atoms with Crippen LogP contribution in [-0.2, 0) is 10.2 Å². The fraction of sp³-hybridized carbons (Fsp3) is 0.200. The number of carbonyl (C=O) groups is 1. The number of anilines is 2. The van der Waals surface area contributed by atoms with E-state index >= 15 is 0 Å². The van der Waals surface area contributed by atoms with E-state index in [0.717, 1.165) is 17.3 Å². The van der Waals surface area contributed by atoms with Crippen LogP contribution in [-0.4, -0.2) is 10.8 Å². The van der Waals surface area contributed by atoms with E-state index in [1.54, 1.807) is 0 Å². The van der Waals surface area contributed by atoms with E-state index in [1.165, 1.54) is 18.3 Å². The molecular formula is C20H19ClN4O3. The summed E-state index contributed by atoms with van der Waals surface area (Å²) in [6, 6.07) is 13.1. The molecule has 8 heteroatoms. The summed E-state index contributed by atoms with van der Waals surface area (Å²) in [6.45, 7) is 6.17. The molecule has 7 nitrogen and oxygen atoms in total. The summed E-state index contributed by atoms with van der Waals surface area (Å²) in [5.74, 6) is -0.731. The first-order valence-electron chi connectivity index (χ1n) is 8.35. The number of nitro groups is 1. The number of nitriles is 1. The molecule has 2 rings (SSSR count). The van der Waals surface area contributed by atoms with Crippen molar-refractivity contribution in [1.29, 1.82) is 5.26 Å². The van der Waals surface area contributed by atoms with Crippen molar-refractivity contribution in [3.05, 3.63) is 74.9 Å². The van der Waals surface area contributed by atoms with Gasteiger partial charge in [0.15, 0.2) is 0 Å². The largest absolute Gasteiger partial charge is 0.360 e. The first-order valence-corrected chi connectivity index (χ1v) is 8.73. The molecule has 28 heavy (non-hydrogen) atoms. The van der Waals surface area contributed by atoms with Crippen LogP contribution in [0.3, 0.4) is 0 Å². The van der Waals surface area contributed by atoms with E-state index in [1.807, 2.05) is 30.3 Å². The summed E-state index contributed by atoms with van der Waals surface area (Å²) < 4.78 is 0. The topological polar surface area (TPSA) is 108 Å². The molecule has 0 heterocycles. The molecule has 2 aromatic carbocycles. The molecule has 0 saturated carbocycles. The summed E-state index contributed by atoms with van der Waals surface area (Å²) in [5.41, 5.74) is 1.28. The van der Waals surface area contributed by atoms with Gasteiger partial charge in [0.05, 0.1) is 15.6 Å². The van der Waals surface area contributed by atoms with Crippen molar-refractivity contribution in [2.45, 2.75) is 26.2 Å². The Morgan fingerprint density at radius 1 is 1.21 bits per heavy atom. The van der Waals surface area contributed by atoms with Gasteiger partial charge in [0.1, 0.15) is 11.6 Å². The van der Waals surface area contributed by atoms with E-state index in [-0.39, 0.29) is 27.4 Å². The van der Waals surface area contributed by atoms with E-state index in [9.17, 15) is 20.2 Å². The number of non-ortho nitro benzene ring substituents is 1. The van der Waals surface area contributed by atoms with Crippen molar-refractivity contribution in [2.75, 3.05) is 10.6 Å². The third kappa shape index (κ3) is 5.09. The van der Waals surface area contributed by atoms with Gasteiger partial charge in [-0.1, -0.05) is 50.6 Å². The minimum absolute atomic E-state index is 0.0529. The molecule has 0 aromatic heterocycles. The van der Waals surface area contributed by atoms with Gasteiger partial charge in [-0.2, -0.15) is 5.26 Å². The molecule has 0 aliphatic heterocycles. The van der Waals surface area contributed by atoms with Crippen LogP contribution >= 0.6 is 11.6 Å². The van der Waals surface area contributed by atoms with E-state index < -0.39 is 10.8 Å². The Kier molecular flexibility index (Phi) is 6.39. The molecule has 0 aliphatic rings. The van der Waals surface area contributed by atoms with Crippen molar-refractivity contribution in [1.82, 2.24) is 0 Å². The first kappa shape index (κ1) is 20.9. The molecule has 0 bridgehead atoms. The highest BCUT2D eigenvalue weighted by atomic mass is 35.5. The maximum absolute atomic E-state index is 12.4. The molecule has 0 atom stereocenters. The number of rotatable bonds is 5. The number of nitro benzene ring substituents is 1. The second-order valence-electron chi connectivity index (χ2n) is 6.99. The average molecular weight is 399 g/mol. The summed E-state index contributed by atoms with van der Waals surface area (Å²) in [4.78, 5) is 22.7. The Bertz CT molecular complexity index is 988. The van der Waals surface area contributed by atoms with Crippen LogP contribution in [0, 0.1) is 21.4 Å². The highest BCUT2D eigenvalue weighted by Gasteiger charge is 2.18. The summed E-state index contributed by atoms with van der Waals surface area (Å²) >= 11 is 5.98. The van der Waals surface area contributed by atoms with E-state index in [0.29, 0.717) is 0 Å². The number of para-hydroxylation sites is 1. The van der Waals surface area contributed by atoms with Gasteiger partial charge in [-0.05, 0) is 23.1 Å². The summed E-state index contributed by atoms with van der Waals surface area (Å²) in [6.07, 6.45) is 1.30. The third-order valence-electron chi connectivity index (χ3n) is 3.88. The lowest BCUT2D eigenvalue weighted by atomic mass is 9.86. The standard InChI is InChI=1S/C20H19ClN4O3/c1-20(2,3)15-6-4-5-7-17(15)23-12-13(11-22)19(26)24-18-10-14(25(27)28)8-9-16(18)21/h4-10,12,23H,1-3H3,(H,24,26)/b13-12-. The van der Waals surface area contributed by atoms with Crippen LogP contribution in [0.4, 0.5) is 17.1 Å². The molecule has 0 fully saturated rings. The quantitative estimate of drug-likeness (QED) is 0.318. The minimum atomic E-state index is -0.731. The molecular weight excluding hydrogens is 380 g/mol. The maximum atomic E-state index is 12.4. The Hall–Kier alpha value is -3.37. The number of amides is 1. The second kappa shape index (κ2) is 8.55. The maximum Gasteiger partial charge on any atom is 0.271 e. The Morgan fingerprint density at radius 2 is 1.89 bits per heavy atom. The van der Waals surface area contributed by atoms with Gasteiger partial charge in [-0.3, -0.25) is 14.9 Å². The zero-order valence-electron chi connectivity index (χ0n) is 15.6. The molecule has 0 spiro atoms. The average Bonchev–Trinajstić information content (AvgIpc) is 2.63. The Morgan fingerprint density at radius 3 is 2.50 bits per heavy atom. The first-order chi connectivity index (χ1) is 13.1. The van der Waals surface area contributed by atoms with Crippen molar-refractivity contribution < 1.29 is 9.72 Å². The van der Waals surface area contributed by atoms with Crippen LogP contribution in [0.25, 0.3) is 0 Å². The number of halogens is 1. The lowest BCUT2D eigenvalue weighted by Gasteiger charge is -2.22. The van der Waals surface area contributed by atoms with Crippen molar-refractivity contribution in [3.63, 3.8) is 0 Å². The normalized spacial score (nSPS) is 11.5. The number of benzene rings is 2. The monoisotopic (exact) mass is 398 g/mol. The van der Waals surface area contributed by atoms with Gasteiger partial charge < -0.3 is 10.6 Å². The number of carbonyl (C=O) groups excluding carboxylic acids is 1. The molecule has 1 amide bonds. The van der Waals surface area contributed by atoms with Gasteiger partial charge in [-0.25, -0.2) is 0 Å². The minimum Gasteiger partial charge on any atom is -0.360 e. The fourth-order valence-corrected chi connectivity index (χ4v) is 2.64. The molecule has 144 valence electrons. The Balaban J connectivity index is 2.25. The van der Waals surface area contributed by atoms with Gasteiger partial charge in [-0.15, -0.1) is 0 Å². The highest BCUT2D eigenvalue weighted by molar-refractivity contribution is 6.34. The van der Waals surface area contributed by atoms with Gasteiger partial charge >= 0.3 is 0 Å². The second-order valence-corrected chi connectivity index (χ2v) is 7.39. The summed E-state index contributed by atoms with van der Waals surface area (Å²) in [5, 5.41) is 25.8. The van der Waals surface area contributed by atoms with Gasteiger partial charge in [0.2, 0.25) is 0 Å². The van der Waals surface area contributed by atoms with Crippen molar-refractivity contribution in [2.24, 2.45) is 0 Å². The number of nitrogens with one attached hydrogen (secondary N) is 2. The van der Waals surface area contributed by atoms with Crippen LogP contribution < -0.4 is 10.6 Å². The Labute approximate surface area is 167 Å². The van der Waals surface area contributed by atoms with Crippen LogP contribution in [0.15, 0.2) is 54.2 Å². The zero-order chi connectivity index (χ0) is 20.9. The lowest BCUT2D eigenvalue weighted by molar-refractivity contribution is -0.384. The smallest absolute Gasteiger partial charge is 0.271 e. The molecule has 2 aromatic rings.